The molecule has 1 rings (SSSR count). The summed E-state index contributed by atoms with van der Waals surface area (Å²) in [5.74, 6) is 1.11. The van der Waals surface area contributed by atoms with E-state index in [1.165, 1.54) is 5.56 Å². The van der Waals surface area contributed by atoms with Crippen molar-refractivity contribution in [2.24, 2.45) is 7.05 Å². The van der Waals surface area contributed by atoms with Gasteiger partial charge in [-0.1, -0.05) is 13.8 Å². The first kappa shape index (κ1) is 15.0. The summed E-state index contributed by atoms with van der Waals surface area (Å²) < 4.78 is 1.91. The van der Waals surface area contributed by atoms with Crippen molar-refractivity contribution in [3.8, 4) is 0 Å². The minimum atomic E-state index is 0.162. The zero-order valence-corrected chi connectivity index (χ0v) is 12.2. The predicted octanol–water partition coefficient (Wildman–Crippen LogP) is 1.05. The molecule has 1 aromatic heterocycles. The minimum absolute atomic E-state index is 0.162. The summed E-state index contributed by atoms with van der Waals surface area (Å²) >= 11 is 0. The lowest BCUT2D eigenvalue weighted by atomic mass is 10.2. The van der Waals surface area contributed by atoms with Crippen LogP contribution in [0.25, 0.3) is 0 Å². The molecule has 5 nitrogen and oxygen atoms in total. The number of anilines is 1. The number of nitrogens with zero attached hydrogens (tertiary/aromatic N) is 3. The van der Waals surface area contributed by atoms with E-state index >= 15 is 0 Å². The van der Waals surface area contributed by atoms with Gasteiger partial charge in [-0.2, -0.15) is 5.10 Å². The van der Waals surface area contributed by atoms with Crippen molar-refractivity contribution >= 4 is 5.82 Å². The predicted molar refractivity (Wildman–Crippen MR) is 74.9 cm³/mol. The zero-order chi connectivity index (χ0) is 13.7. The number of likely N-dealkylation sites (N-methyl/N-ethyl adjacent to an activating group) is 1. The van der Waals surface area contributed by atoms with Crippen LogP contribution in [0.3, 0.4) is 0 Å². The van der Waals surface area contributed by atoms with Crippen LogP contribution in [0.2, 0.25) is 0 Å². The van der Waals surface area contributed by atoms with Gasteiger partial charge in [0, 0.05) is 38.3 Å². The Labute approximate surface area is 110 Å². The van der Waals surface area contributed by atoms with E-state index in [0.29, 0.717) is 12.6 Å². The lowest BCUT2D eigenvalue weighted by Crippen LogP contribution is -2.30. The van der Waals surface area contributed by atoms with E-state index in [9.17, 15) is 0 Å². The fraction of sp³-hybridized carbons (Fsp3) is 0.769. The van der Waals surface area contributed by atoms with Crippen molar-refractivity contribution in [3.63, 3.8) is 0 Å². The Morgan fingerprint density at radius 2 is 2.11 bits per heavy atom. The molecule has 0 aliphatic rings. The van der Waals surface area contributed by atoms with E-state index in [0.717, 1.165) is 24.6 Å². The second-order valence-electron chi connectivity index (χ2n) is 4.85. The molecule has 2 N–H and O–H groups in total. The van der Waals surface area contributed by atoms with Crippen molar-refractivity contribution in [2.75, 3.05) is 24.6 Å². The van der Waals surface area contributed by atoms with E-state index in [1.54, 1.807) is 0 Å². The second kappa shape index (κ2) is 6.75. The molecule has 0 atom stereocenters. The Bertz CT molecular complexity index is 373. The van der Waals surface area contributed by atoms with Gasteiger partial charge in [-0.15, -0.1) is 0 Å². The number of aliphatic hydroxyl groups is 1. The Hall–Kier alpha value is -1.07. The number of aryl methyl sites for hydroxylation is 2. The van der Waals surface area contributed by atoms with Crippen LogP contribution in [-0.2, 0) is 13.6 Å². The third kappa shape index (κ3) is 3.46. The number of nitrogens with one attached hydrogen (secondary N) is 1. The average Bonchev–Trinajstić information content (AvgIpc) is 2.58. The molecule has 18 heavy (non-hydrogen) atoms. The van der Waals surface area contributed by atoms with Gasteiger partial charge in [0.2, 0.25) is 0 Å². The SMILES string of the molecule is CCN(CCO)c1c(CNC(C)C)c(C)nn1C. The van der Waals surface area contributed by atoms with E-state index in [-0.39, 0.29) is 6.61 Å². The van der Waals surface area contributed by atoms with Crippen molar-refractivity contribution in [3.05, 3.63) is 11.3 Å². The molecule has 5 heteroatoms. The molecule has 0 amide bonds. The highest BCUT2D eigenvalue weighted by atomic mass is 16.3. The smallest absolute Gasteiger partial charge is 0.131 e. The fourth-order valence-electron chi connectivity index (χ4n) is 2.13. The summed E-state index contributed by atoms with van der Waals surface area (Å²) in [6.07, 6.45) is 0. The molecule has 0 saturated heterocycles. The lowest BCUT2D eigenvalue weighted by molar-refractivity contribution is 0.301. The molecular formula is C13H26N4O. The van der Waals surface area contributed by atoms with Crippen molar-refractivity contribution < 1.29 is 5.11 Å². The number of hydrogen-bond donors (Lipinski definition) is 2. The summed E-state index contributed by atoms with van der Waals surface area (Å²) in [7, 11) is 1.96. The van der Waals surface area contributed by atoms with Gasteiger partial charge in [0.1, 0.15) is 5.82 Å². The summed E-state index contributed by atoms with van der Waals surface area (Å²) in [6.45, 7) is 10.9. The first-order valence-electron chi connectivity index (χ1n) is 6.62. The zero-order valence-electron chi connectivity index (χ0n) is 12.2. The number of rotatable bonds is 7. The number of aliphatic hydroxyl groups excluding tert-OH is 1. The van der Waals surface area contributed by atoms with E-state index in [2.05, 4.69) is 36.1 Å². The molecule has 0 saturated carbocycles. The van der Waals surface area contributed by atoms with Crippen LogP contribution in [0.1, 0.15) is 32.0 Å². The van der Waals surface area contributed by atoms with Crippen LogP contribution in [0, 0.1) is 6.92 Å². The van der Waals surface area contributed by atoms with Crippen LogP contribution in [-0.4, -0.2) is 40.6 Å². The van der Waals surface area contributed by atoms with Gasteiger partial charge >= 0.3 is 0 Å². The van der Waals surface area contributed by atoms with Crippen LogP contribution in [0.5, 0.6) is 0 Å². The molecule has 1 aromatic rings. The van der Waals surface area contributed by atoms with E-state index in [4.69, 9.17) is 5.11 Å². The topological polar surface area (TPSA) is 53.3 Å². The molecule has 104 valence electrons. The molecular weight excluding hydrogens is 228 g/mol. The Morgan fingerprint density at radius 1 is 1.44 bits per heavy atom. The quantitative estimate of drug-likeness (QED) is 0.763. The highest BCUT2D eigenvalue weighted by molar-refractivity contribution is 5.50. The molecule has 0 aromatic carbocycles. The molecule has 0 fully saturated rings. The van der Waals surface area contributed by atoms with Crippen molar-refractivity contribution in [1.29, 1.82) is 0 Å². The lowest BCUT2D eigenvalue weighted by Gasteiger charge is -2.24. The molecule has 1 heterocycles. The monoisotopic (exact) mass is 254 g/mol. The van der Waals surface area contributed by atoms with Crippen molar-refractivity contribution in [1.82, 2.24) is 15.1 Å². The molecule has 0 unspecified atom stereocenters. The average molecular weight is 254 g/mol. The summed E-state index contributed by atoms with van der Waals surface area (Å²) in [4.78, 5) is 2.16. The maximum Gasteiger partial charge on any atom is 0.131 e. The molecule has 0 radical (unpaired) electrons. The maximum absolute atomic E-state index is 9.15. The van der Waals surface area contributed by atoms with Crippen LogP contribution in [0.4, 0.5) is 5.82 Å². The normalized spacial score (nSPS) is 11.3. The third-order valence-electron chi connectivity index (χ3n) is 3.05. The first-order chi connectivity index (χ1) is 8.51. The summed E-state index contributed by atoms with van der Waals surface area (Å²) in [5, 5.41) is 17.1. The van der Waals surface area contributed by atoms with Gasteiger partial charge < -0.3 is 15.3 Å². The second-order valence-corrected chi connectivity index (χ2v) is 4.85. The van der Waals surface area contributed by atoms with Crippen molar-refractivity contribution in [2.45, 2.75) is 40.3 Å². The van der Waals surface area contributed by atoms with Gasteiger partial charge in [-0.25, -0.2) is 0 Å². The van der Waals surface area contributed by atoms with E-state index < -0.39 is 0 Å². The number of hydrogen-bond acceptors (Lipinski definition) is 4. The Kier molecular flexibility index (Phi) is 5.62. The van der Waals surface area contributed by atoms with Gasteiger partial charge in [0.15, 0.2) is 0 Å². The molecule has 0 bridgehead atoms. The molecule has 0 spiro atoms. The Morgan fingerprint density at radius 3 is 2.61 bits per heavy atom. The fourth-order valence-corrected chi connectivity index (χ4v) is 2.13. The number of aromatic nitrogens is 2. The minimum Gasteiger partial charge on any atom is -0.395 e. The van der Waals surface area contributed by atoms with E-state index in [1.807, 2.05) is 18.7 Å². The summed E-state index contributed by atoms with van der Waals surface area (Å²) in [6, 6.07) is 0.449. The van der Waals surface area contributed by atoms with Crippen LogP contribution >= 0.6 is 0 Å². The Balaban J connectivity index is 3.00. The first-order valence-corrected chi connectivity index (χ1v) is 6.62. The van der Waals surface area contributed by atoms with Crippen LogP contribution in [0.15, 0.2) is 0 Å². The molecule has 0 aliphatic carbocycles. The maximum atomic E-state index is 9.15. The third-order valence-corrected chi connectivity index (χ3v) is 3.05. The molecule has 0 aliphatic heterocycles. The highest BCUT2D eigenvalue weighted by Gasteiger charge is 2.17. The van der Waals surface area contributed by atoms with Gasteiger partial charge in [-0.05, 0) is 13.8 Å². The summed E-state index contributed by atoms with van der Waals surface area (Å²) in [5.41, 5.74) is 2.28. The standard InChI is InChI=1S/C13H26N4O/c1-6-17(7-8-18)13-12(9-14-10(2)3)11(4)15-16(13)5/h10,14,18H,6-9H2,1-5H3. The largest absolute Gasteiger partial charge is 0.395 e. The van der Waals surface area contributed by atoms with Gasteiger partial charge in [0.05, 0.1) is 12.3 Å². The highest BCUT2D eigenvalue weighted by Crippen LogP contribution is 2.23. The van der Waals surface area contributed by atoms with Gasteiger partial charge in [-0.3, -0.25) is 4.68 Å². The van der Waals surface area contributed by atoms with Gasteiger partial charge in [0.25, 0.3) is 0 Å². The van der Waals surface area contributed by atoms with Crippen LogP contribution < -0.4 is 10.2 Å².